The third-order valence-corrected chi connectivity index (χ3v) is 5.58. The van der Waals surface area contributed by atoms with E-state index in [4.69, 9.17) is 21.7 Å². The Morgan fingerprint density at radius 3 is 2.50 bits per heavy atom. The van der Waals surface area contributed by atoms with E-state index in [1.165, 1.54) is 17.8 Å². The highest BCUT2D eigenvalue weighted by Gasteiger charge is 2.26. The summed E-state index contributed by atoms with van der Waals surface area (Å²) in [6, 6.07) is 9.89. The highest BCUT2D eigenvalue weighted by atomic mass is 35.5. The predicted molar refractivity (Wildman–Crippen MR) is 108 cm³/mol. The molecule has 1 saturated heterocycles. The van der Waals surface area contributed by atoms with Crippen LogP contribution in [0.1, 0.15) is 31.5 Å². The van der Waals surface area contributed by atoms with Gasteiger partial charge in [0.15, 0.2) is 5.65 Å². The Morgan fingerprint density at radius 1 is 1.08 bits per heavy atom. The van der Waals surface area contributed by atoms with E-state index >= 15 is 0 Å². The molecule has 2 aromatic heterocycles. The largest absolute Gasteiger partial charge is 0.356 e. The van der Waals surface area contributed by atoms with Crippen molar-refractivity contribution in [1.29, 1.82) is 0 Å². The van der Waals surface area contributed by atoms with Crippen LogP contribution in [0.3, 0.4) is 0 Å². The summed E-state index contributed by atoms with van der Waals surface area (Å²) in [6.07, 6.45) is 1.29. The second-order valence-electron chi connectivity index (χ2n) is 7.81. The van der Waals surface area contributed by atoms with E-state index in [0.29, 0.717) is 11.8 Å². The molecule has 4 nitrogen and oxygen atoms in total. The predicted octanol–water partition coefficient (Wildman–Crippen LogP) is 5.15. The summed E-state index contributed by atoms with van der Waals surface area (Å²) < 4.78 is 2.02. The van der Waals surface area contributed by atoms with Crippen molar-refractivity contribution in [2.24, 2.45) is 11.8 Å². The van der Waals surface area contributed by atoms with Crippen LogP contribution in [0.15, 0.2) is 30.3 Å². The zero-order valence-electron chi connectivity index (χ0n) is 15.8. The van der Waals surface area contributed by atoms with Gasteiger partial charge in [0.1, 0.15) is 5.82 Å². The van der Waals surface area contributed by atoms with Gasteiger partial charge < -0.3 is 4.90 Å². The van der Waals surface area contributed by atoms with E-state index in [0.717, 1.165) is 40.7 Å². The molecule has 1 aromatic carbocycles. The Morgan fingerprint density at radius 2 is 1.81 bits per heavy atom. The van der Waals surface area contributed by atoms with E-state index in [1.807, 2.05) is 28.8 Å². The lowest BCUT2D eigenvalue weighted by Gasteiger charge is -2.37. The number of halogens is 1. The molecule has 1 fully saturated rings. The number of aromatic nitrogens is 3. The monoisotopic (exact) mass is 368 g/mol. The number of fused-ring (bicyclic) bond motifs is 1. The van der Waals surface area contributed by atoms with Gasteiger partial charge in [0, 0.05) is 41.0 Å². The van der Waals surface area contributed by atoms with Crippen LogP contribution in [0.4, 0.5) is 5.82 Å². The number of aryl methyl sites for hydroxylation is 1. The van der Waals surface area contributed by atoms with Gasteiger partial charge in [-0.25, -0.2) is 4.98 Å². The highest BCUT2D eigenvalue weighted by molar-refractivity contribution is 6.30. The smallest absolute Gasteiger partial charge is 0.158 e. The van der Waals surface area contributed by atoms with Gasteiger partial charge in [-0.2, -0.15) is 9.61 Å². The van der Waals surface area contributed by atoms with E-state index < -0.39 is 0 Å². The maximum atomic E-state index is 6.17. The number of benzene rings is 1. The second kappa shape index (κ2) is 6.58. The molecular formula is C21H25ClN4. The Bertz CT molecular complexity index is 952. The maximum Gasteiger partial charge on any atom is 0.158 e. The van der Waals surface area contributed by atoms with E-state index in [9.17, 15) is 0 Å². The third kappa shape index (κ3) is 3.07. The molecule has 3 heterocycles. The summed E-state index contributed by atoms with van der Waals surface area (Å²) in [5, 5.41) is 5.63. The summed E-state index contributed by atoms with van der Waals surface area (Å²) in [7, 11) is 0. The number of piperidine rings is 1. The van der Waals surface area contributed by atoms with Crippen molar-refractivity contribution in [1.82, 2.24) is 14.6 Å². The van der Waals surface area contributed by atoms with Crippen LogP contribution in [0.25, 0.3) is 16.9 Å². The summed E-state index contributed by atoms with van der Waals surface area (Å²) >= 11 is 6.17. The molecule has 26 heavy (non-hydrogen) atoms. The topological polar surface area (TPSA) is 33.4 Å². The quantitative estimate of drug-likeness (QED) is 0.627. The molecule has 0 saturated carbocycles. The molecule has 1 aliphatic rings. The van der Waals surface area contributed by atoms with Gasteiger partial charge in [-0.05, 0) is 44.2 Å². The molecule has 1 aliphatic heterocycles. The Labute approximate surface area is 159 Å². The molecular weight excluding hydrogens is 344 g/mol. The van der Waals surface area contributed by atoms with Gasteiger partial charge in [-0.1, -0.05) is 37.6 Å². The number of anilines is 1. The SMILES string of the molecule is Cc1nc2cc(-c3cccc(Cl)c3)nn2c(N2CC(C)CC(C)C2)c1C. The lowest BCUT2D eigenvalue weighted by Crippen LogP contribution is -2.40. The normalized spacial score (nSPS) is 20.7. The second-order valence-corrected chi connectivity index (χ2v) is 8.24. The molecule has 0 N–H and O–H groups in total. The number of hydrogen-bond acceptors (Lipinski definition) is 3. The molecule has 0 radical (unpaired) electrons. The molecule has 2 atom stereocenters. The molecule has 5 heteroatoms. The van der Waals surface area contributed by atoms with Gasteiger partial charge in [0.2, 0.25) is 0 Å². The standard InChI is InChI=1S/C21H25ClN4/c1-13-8-14(2)12-25(11-13)21-15(3)16(4)23-20-10-19(24-26(20)21)17-6-5-7-18(22)9-17/h5-7,9-10,13-14H,8,11-12H2,1-4H3. The minimum Gasteiger partial charge on any atom is -0.356 e. The molecule has 0 amide bonds. The van der Waals surface area contributed by atoms with Crippen molar-refractivity contribution in [3.63, 3.8) is 0 Å². The van der Waals surface area contributed by atoms with Gasteiger partial charge in [0.25, 0.3) is 0 Å². The first-order valence-electron chi connectivity index (χ1n) is 9.30. The fourth-order valence-electron chi connectivity index (χ4n) is 4.18. The van der Waals surface area contributed by atoms with Crippen LogP contribution in [0.5, 0.6) is 0 Å². The van der Waals surface area contributed by atoms with Crippen molar-refractivity contribution < 1.29 is 0 Å². The van der Waals surface area contributed by atoms with E-state index in [2.05, 4.69) is 38.7 Å². The maximum absolute atomic E-state index is 6.17. The molecule has 2 unspecified atom stereocenters. The first-order chi connectivity index (χ1) is 12.4. The average Bonchev–Trinajstić information content (AvgIpc) is 2.98. The minimum atomic E-state index is 0.685. The fraction of sp³-hybridized carbons (Fsp3) is 0.429. The van der Waals surface area contributed by atoms with Crippen LogP contribution >= 0.6 is 11.6 Å². The van der Waals surface area contributed by atoms with Crippen LogP contribution in [0, 0.1) is 25.7 Å². The average molecular weight is 369 g/mol. The number of hydrogen-bond donors (Lipinski definition) is 0. The Balaban J connectivity index is 1.87. The van der Waals surface area contributed by atoms with Crippen LogP contribution in [-0.2, 0) is 0 Å². The van der Waals surface area contributed by atoms with Gasteiger partial charge >= 0.3 is 0 Å². The van der Waals surface area contributed by atoms with Gasteiger partial charge in [-0.15, -0.1) is 0 Å². The molecule has 0 spiro atoms. The molecule has 4 rings (SSSR count). The van der Waals surface area contributed by atoms with Gasteiger partial charge in [0.05, 0.1) is 5.69 Å². The van der Waals surface area contributed by atoms with Crippen molar-refractivity contribution in [2.45, 2.75) is 34.1 Å². The molecule has 136 valence electrons. The van der Waals surface area contributed by atoms with Crippen LogP contribution in [-0.4, -0.2) is 27.7 Å². The summed E-state index contributed by atoms with van der Waals surface area (Å²) in [5.74, 6) is 2.55. The zero-order valence-corrected chi connectivity index (χ0v) is 16.6. The lowest BCUT2D eigenvalue weighted by atomic mass is 9.91. The first-order valence-corrected chi connectivity index (χ1v) is 9.68. The fourth-order valence-corrected chi connectivity index (χ4v) is 4.37. The zero-order chi connectivity index (χ0) is 18.4. The van der Waals surface area contributed by atoms with Crippen molar-refractivity contribution in [3.05, 3.63) is 46.6 Å². The minimum absolute atomic E-state index is 0.685. The number of rotatable bonds is 2. The number of nitrogens with zero attached hydrogens (tertiary/aromatic N) is 4. The summed E-state index contributed by atoms with van der Waals surface area (Å²) in [4.78, 5) is 7.27. The summed E-state index contributed by atoms with van der Waals surface area (Å²) in [5.41, 5.74) is 5.09. The van der Waals surface area contributed by atoms with Crippen LogP contribution in [0.2, 0.25) is 5.02 Å². The Kier molecular flexibility index (Phi) is 4.39. The van der Waals surface area contributed by atoms with Crippen molar-refractivity contribution >= 4 is 23.1 Å². The van der Waals surface area contributed by atoms with E-state index in [-0.39, 0.29) is 0 Å². The molecule has 0 bridgehead atoms. The first kappa shape index (κ1) is 17.3. The molecule has 3 aromatic rings. The van der Waals surface area contributed by atoms with Crippen molar-refractivity contribution in [2.75, 3.05) is 18.0 Å². The molecule has 0 aliphatic carbocycles. The highest BCUT2D eigenvalue weighted by Crippen LogP contribution is 2.31. The van der Waals surface area contributed by atoms with Gasteiger partial charge in [-0.3, -0.25) is 0 Å². The van der Waals surface area contributed by atoms with Crippen LogP contribution < -0.4 is 4.90 Å². The third-order valence-electron chi connectivity index (χ3n) is 5.34. The van der Waals surface area contributed by atoms with E-state index in [1.54, 1.807) is 0 Å². The summed E-state index contributed by atoms with van der Waals surface area (Å²) in [6.45, 7) is 11.0. The Hall–Kier alpha value is -2.07. The lowest BCUT2D eigenvalue weighted by molar-refractivity contribution is 0.354. The van der Waals surface area contributed by atoms with Crippen molar-refractivity contribution in [3.8, 4) is 11.3 Å².